The molecular weight excluding hydrogens is 288 g/mol. The Morgan fingerprint density at radius 1 is 1.04 bits per heavy atom. The van der Waals surface area contributed by atoms with Gasteiger partial charge in [-0.05, 0) is 36.5 Å². The fourth-order valence-corrected chi connectivity index (χ4v) is 2.79. The minimum absolute atomic E-state index is 0.00846. The molecule has 1 heterocycles. The van der Waals surface area contributed by atoms with Crippen LogP contribution in [0.15, 0.2) is 24.3 Å². The van der Waals surface area contributed by atoms with Gasteiger partial charge in [0.1, 0.15) is 0 Å². The third-order valence-corrected chi connectivity index (χ3v) is 4.48. The summed E-state index contributed by atoms with van der Waals surface area (Å²) in [5.41, 5.74) is 2.00. The molecule has 126 valence electrons. The van der Waals surface area contributed by atoms with E-state index in [2.05, 4.69) is 19.2 Å². The first-order chi connectivity index (χ1) is 10.9. The van der Waals surface area contributed by atoms with Crippen LogP contribution in [-0.2, 0) is 4.79 Å². The third kappa shape index (κ3) is 4.57. The average Bonchev–Trinajstić information content (AvgIpc) is 2.55. The number of piperidine rings is 1. The molecule has 4 nitrogen and oxygen atoms in total. The van der Waals surface area contributed by atoms with Crippen LogP contribution in [0.2, 0.25) is 0 Å². The van der Waals surface area contributed by atoms with Crippen LogP contribution in [0.5, 0.6) is 0 Å². The fraction of sp³-hybridized carbons (Fsp3) is 0.579. The van der Waals surface area contributed by atoms with Gasteiger partial charge in [0.2, 0.25) is 5.91 Å². The summed E-state index contributed by atoms with van der Waals surface area (Å²) >= 11 is 0. The van der Waals surface area contributed by atoms with Gasteiger partial charge in [-0.3, -0.25) is 9.59 Å². The number of amides is 2. The molecule has 0 saturated carbocycles. The van der Waals surface area contributed by atoms with E-state index >= 15 is 0 Å². The van der Waals surface area contributed by atoms with Crippen LogP contribution < -0.4 is 5.32 Å². The molecule has 1 N–H and O–H groups in total. The summed E-state index contributed by atoms with van der Waals surface area (Å²) in [6.45, 7) is 9.49. The monoisotopic (exact) mass is 316 g/mol. The fourth-order valence-electron chi connectivity index (χ4n) is 2.79. The molecule has 0 spiro atoms. The molecule has 1 aliphatic heterocycles. The molecule has 1 fully saturated rings. The lowest BCUT2D eigenvalue weighted by Gasteiger charge is -2.32. The van der Waals surface area contributed by atoms with E-state index in [9.17, 15) is 9.59 Å². The highest BCUT2D eigenvalue weighted by Gasteiger charge is 2.25. The molecule has 4 heteroatoms. The van der Waals surface area contributed by atoms with E-state index in [0.29, 0.717) is 19.0 Å². The maximum absolute atomic E-state index is 12.6. The Morgan fingerprint density at radius 2 is 1.61 bits per heavy atom. The van der Waals surface area contributed by atoms with Crippen molar-refractivity contribution < 1.29 is 9.59 Å². The van der Waals surface area contributed by atoms with Gasteiger partial charge in [-0.1, -0.05) is 39.8 Å². The Bertz CT molecular complexity index is 541. The minimum atomic E-state index is 0.00846. The molecule has 0 radical (unpaired) electrons. The van der Waals surface area contributed by atoms with Gasteiger partial charge in [-0.25, -0.2) is 0 Å². The maximum Gasteiger partial charge on any atom is 0.253 e. The number of likely N-dealkylation sites (tertiary alicyclic amines) is 1. The predicted molar refractivity (Wildman–Crippen MR) is 92.4 cm³/mol. The second-order valence-corrected chi connectivity index (χ2v) is 7.01. The topological polar surface area (TPSA) is 49.4 Å². The molecule has 0 atom stereocenters. The number of benzene rings is 1. The highest BCUT2D eigenvalue weighted by molar-refractivity contribution is 5.94. The molecule has 1 saturated heterocycles. The molecule has 1 aliphatic rings. The number of hydrogen-bond donors (Lipinski definition) is 1. The first kappa shape index (κ1) is 17.5. The van der Waals surface area contributed by atoms with Crippen LogP contribution in [0.1, 0.15) is 62.4 Å². The average molecular weight is 316 g/mol. The molecule has 2 rings (SSSR count). The second kappa shape index (κ2) is 7.62. The number of carbonyl (C=O) groups is 2. The quantitative estimate of drug-likeness (QED) is 0.927. The number of rotatable bonds is 4. The highest BCUT2D eigenvalue weighted by Crippen LogP contribution is 2.18. The van der Waals surface area contributed by atoms with Crippen LogP contribution in [0, 0.1) is 5.92 Å². The predicted octanol–water partition coefficient (Wildman–Crippen LogP) is 3.19. The summed E-state index contributed by atoms with van der Waals surface area (Å²) in [6, 6.07) is 8.10. The summed E-state index contributed by atoms with van der Waals surface area (Å²) in [6.07, 6.45) is 1.66. The van der Waals surface area contributed by atoms with E-state index in [1.165, 1.54) is 5.56 Å². The van der Waals surface area contributed by atoms with E-state index in [1.54, 1.807) is 0 Å². The van der Waals surface area contributed by atoms with Crippen molar-refractivity contribution in [1.29, 1.82) is 0 Å². The van der Waals surface area contributed by atoms with E-state index in [-0.39, 0.29) is 23.8 Å². The van der Waals surface area contributed by atoms with Crippen molar-refractivity contribution in [2.24, 2.45) is 5.92 Å². The Hall–Kier alpha value is -1.84. The number of hydrogen-bond acceptors (Lipinski definition) is 2. The van der Waals surface area contributed by atoms with Crippen molar-refractivity contribution in [3.05, 3.63) is 35.4 Å². The standard InChI is InChI=1S/C19H28N2O2/c1-13(2)15-5-7-16(8-6-15)19(23)21-11-9-17(10-12-21)20-18(22)14(3)4/h5-8,13-14,17H,9-12H2,1-4H3,(H,20,22). The molecular formula is C19H28N2O2. The van der Waals surface area contributed by atoms with Crippen molar-refractivity contribution >= 4 is 11.8 Å². The van der Waals surface area contributed by atoms with Crippen LogP contribution in [-0.4, -0.2) is 35.8 Å². The largest absolute Gasteiger partial charge is 0.353 e. The lowest BCUT2D eigenvalue weighted by Crippen LogP contribution is -2.47. The first-order valence-electron chi connectivity index (χ1n) is 8.58. The summed E-state index contributed by atoms with van der Waals surface area (Å²) in [7, 11) is 0. The van der Waals surface area contributed by atoms with Crippen LogP contribution >= 0.6 is 0 Å². The van der Waals surface area contributed by atoms with Crippen LogP contribution in [0.25, 0.3) is 0 Å². The van der Waals surface area contributed by atoms with Crippen molar-refractivity contribution in [1.82, 2.24) is 10.2 Å². The Kier molecular flexibility index (Phi) is 5.80. The first-order valence-corrected chi connectivity index (χ1v) is 8.58. The summed E-state index contributed by atoms with van der Waals surface area (Å²) in [4.78, 5) is 26.2. The van der Waals surface area contributed by atoms with Crippen LogP contribution in [0.3, 0.4) is 0 Å². The smallest absolute Gasteiger partial charge is 0.253 e. The van der Waals surface area contributed by atoms with Gasteiger partial charge in [-0.2, -0.15) is 0 Å². The Morgan fingerprint density at radius 3 is 2.09 bits per heavy atom. The van der Waals surface area contributed by atoms with Gasteiger partial charge in [0.15, 0.2) is 0 Å². The molecule has 0 unspecified atom stereocenters. The normalized spacial score (nSPS) is 16.0. The maximum atomic E-state index is 12.6. The van der Waals surface area contributed by atoms with Crippen molar-refractivity contribution in [2.75, 3.05) is 13.1 Å². The zero-order valence-electron chi connectivity index (χ0n) is 14.6. The van der Waals surface area contributed by atoms with Gasteiger partial charge < -0.3 is 10.2 Å². The van der Waals surface area contributed by atoms with Crippen molar-refractivity contribution in [3.63, 3.8) is 0 Å². The van der Waals surface area contributed by atoms with E-state index in [4.69, 9.17) is 0 Å². The summed E-state index contributed by atoms with van der Waals surface area (Å²) < 4.78 is 0. The van der Waals surface area contributed by atoms with E-state index in [0.717, 1.165) is 18.4 Å². The molecule has 0 aromatic heterocycles. The molecule has 1 aromatic carbocycles. The zero-order chi connectivity index (χ0) is 17.0. The molecule has 0 aliphatic carbocycles. The summed E-state index contributed by atoms with van der Waals surface area (Å²) in [5, 5.41) is 3.06. The molecule has 0 bridgehead atoms. The second-order valence-electron chi connectivity index (χ2n) is 7.01. The molecule has 2 amide bonds. The van der Waals surface area contributed by atoms with Gasteiger partial charge in [0, 0.05) is 30.6 Å². The lowest BCUT2D eigenvalue weighted by atomic mass is 10.00. The number of nitrogens with zero attached hydrogens (tertiary/aromatic N) is 1. The van der Waals surface area contributed by atoms with Crippen molar-refractivity contribution in [2.45, 2.75) is 52.5 Å². The molecule has 23 heavy (non-hydrogen) atoms. The van der Waals surface area contributed by atoms with Gasteiger partial charge in [0.25, 0.3) is 5.91 Å². The van der Waals surface area contributed by atoms with Gasteiger partial charge in [0.05, 0.1) is 0 Å². The lowest BCUT2D eigenvalue weighted by molar-refractivity contribution is -0.124. The number of nitrogens with one attached hydrogen (secondary N) is 1. The summed E-state index contributed by atoms with van der Waals surface area (Å²) in [5.74, 6) is 0.668. The zero-order valence-corrected chi connectivity index (χ0v) is 14.6. The molecule has 1 aromatic rings. The SMILES string of the molecule is CC(C)C(=O)NC1CCN(C(=O)c2ccc(C(C)C)cc2)CC1. The van der Waals surface area contributed by atoms with E-state index < -0.39 is 0 Å². The van der Waals surface area contributed by atoms with Crippen molar-refractivity contribution in [3.8, 4) is 0 Å². The van der Waals surface area contributed by atoms with Crippen LogP contribution in [0.4, 0.5) is 0 Å². The number of carbonyl (C=O) groups excluding carboxylic acids is 2. The Labute approximate surface area is 139 Å². The highest BCUT2D eigenvalue weighted by atomic mass is 16.2. The Balaban J connectivity index is 1.89. The van der Waals surface area contributed by atoms with Gasteiger partial charge >= 0.3 is 0 Å². The third-order valence-electron chi connectivity index (χ3n) is 4.48. The van der Waals surface area contributed by atoms with E-state index in [1.807, 2.05) is 43.0 Å². The van der Waals surface area contributed by atoms with Gasteiger partial charge in [-0.15, -0.1) is 0 Å². The minimum Gasteiger partial charge on any atom is -0.353 e.